The molecule has 0 saturated carbocycles. The third-order valence-electron chi connectivity index (χ3n) is 5.87. The zero-order valence-electron chi connectivity index (χ0n) is 18.8. The Bertz CT molecular complexity index is 979. The first-order valence-electron chi connectivity index (χ1n) is 11.3. The van der Waals surface area contributed by atoms with Crippen molar-refractivity contribution in [3.63, 3.8) is 0 Å². The van der Waals surface area contributed by atoms with Crippen LogP contribution in [0.2, 0.25) is 0 Å². The van der Waals surface area contributed by atoms with Gasteiger partial charge in [-0.25, -0.2) is 5.01 Å². The van der Waals surface area contributed by atoms with Gasteiger partial charge in [-0.05, 0) is 48.4 Å². The fourth-order valence-electron chi connectivity index (χ4n) is 4.02. The van der Waals surface area contributed by atoms with E-state index in [1.807, 2.05) is 29.3 Å². The van der Waals surface area contributed by atoms with E-state index in [0.29, 0.717) is 50.9 Å². The Kier molecular flexibility index (Phi) is 8.68. The van der Waals surface area contributed by atoms with Gasteiger partial charge < -0.3 is 10.2 Å². The Labute approximate surface area is 196 Å². The SMILES string of the molecule is O=C(O)CCc1ccc(CN2C(=O)CCCN2CCC(O)Cc2cccc(C(F)(F)F)c2)cc1. The van der Waals surface area contributed by atoms with E-state index in [4.69, 9.17) is 5.11 Å². The summed E-state index contributed by atoms with van der Waals surface area (Å²) in [5.41, 5.74) is 1.49. The Hall–Kier alpha value is -2.91. The molecule has 6 nitrogen and oxygen atoms in total. The lowest BCUT2D eigenvalue weighted by Crippen LogP contribution is -2.50. The predicted octanol–water partition coefficient (Wildman–Crippen LogP) is 4.06. The molecule has 1 atom stereocenters. The molecule has 1 saturated heterocycles. The van der Waals surface area contributed by atoms with E-state index in [9.17, 15) is 27.9 Å². The van der Waals surface area contributed by atoms with Gasteiger partial charge in [0.05, 0.1) is 18.2 Å². The standard InChI is InChI=1S/C25H29F3N2O4/c26-25(27,28)21-4-1-3-20(15-21)16-22(31)12-14-29-13-2-5-23(32)30(29)17-19-8-6-18(7-9-19)10-11-24(33)34/h1,3-4,6-9,15,22,31H,2,5,10-14,16-17H2,(H,33,34). The van der Waals surface area contributed by atoms with Gasteiger partial charge in [-0.3, -0.25) is 14.6 Å². The number of carboxylic acid groups (broad SMARTS) is 1. The van der Waals surface area contributed by atoms with E-state index in [2.05, 4.69) is 0 Å². The quantitative estimate of drug-likeness (QED) is 0.539. The Morgan fingerprint density at radius 3 is 2.44 bits per heavy atom. The van der Waals surface area contributed by atoms with Crippen molar-refractivity contribution < 1.29 is 33.0 Å². The zero-order valence-corrected chi connectivity index (χ0v) is 18.8. The maximum absolute atomic E-state index is 12.9. The molecule has 0 spiro atoms. The molecule has 2 N–H and O–H groups in total. The van der Waals surface area contributed by atoms with E-state index in [1.54, 1.807) is 11.1 Å². The number of carbonyl (C=O) groups excluding carboxylic acids is 1. The topological polar surface area (TPSA) is 81.1 Å². The van der Waals surface area contributed by atoms with Crippen molar-refractivity contribution in [1.82, 2.24) is 10.0 Å². The molecule has 1 aliphatic heterocycles. The summed E-state index contributed by atoms with van der Waals surface area (Å²) >= 11 is 0. The summed E-state index contributed by atoms with van der Waals surface area (Å²) in [5, 5.41) is 22.8. The Morgan fingerprint density at radius 2 is 1.76 bits per heavy atom. The van der Waals surface area contributed by atoms with Crippen LogP contribution in [-0.4, -0.2) is 51.3 Å². The first kappa shape index (κ1) is 25.7. The predicted molar refractivity (Wildman–Crippen MR) is 120 cm³/mol. The average molecular weight is 479 g/mol. The van der Waals surface area contributed by atoms with Crippen molar-refractivity contribution in [3.8, 4) is 0 Å². The molecule has 1 aliphatic rings. The summed E-state index contributed by atoms with van der Waals surface area (Å²) in [6.07, 6.45) is -3.22. The van der Waals surface area contributed by atoms with Crippen LogP contribution >= 0.6 is 0 Å². The highest BCUT2D eigenvalue weighted by Gasteiger charge is 2.30. The fourth-order valence-corrected chi connectivity index (χ4v) is 4.02. The van der Waals surface area contributed by atoms with Crippen LogP contribution in [0.1, 0.15) is 47.9 Å². The Morgan fingerprint density at radius 1 is 1.06 bits per heavy atom. The highest BCUT2D eigenvalue weighted by molar-refractivity contribution is 5.76. The summed E-state index contributed by atoms with van der Waals surface area (Å²) in [4.78, 5) is 23.3. The number of hydrazine groups is 1. The molecule has 3 rings (SSSR count). The summed E-state index contributed by atoms with van der Waals surface area (Å²) in [6, 6.07) is 12.4. The number of amides is 1. The molecule has 9 heteroatoms. The van der Waals surface area contributed by atoms with Crippen LogP contribution in [0.25, 0.3) is 0 Å². The molecule has 1 unspecified atom stereocenters. The number of hydrogen-bond acceptors (Lipinski definition) is 4. The number of nitrogens with zero attached hydrogens (tertiary/aromatic N) is 2. The van der Waals surface area contributed by atoms with Crippen molar-refractivity contribution in [2.45, 2.75) is 57.3 Å². The van der Waals surface area contributed by atoms with Gasteiger partial charge in [-0.2, -0.15) is 13.2 Å². The molecule has 0 bridgehead atoms. The number of carboxylic acids is 1. The molecule has 184 valence electrons. The van der Waals surface area contributed by atoms with E-state index < -0.39 is 23.8 Å². The summed E-state index contributed by atoms with van der Waals surface area (Å²) in [5.74, 6) is -0.873. The minimum atomic E-state index is -4.43. The molecular formula is C25H29F3N2O4. The maximum Gasteiger partial charge on any atom is 0.416 e. The summed E-state index contributed by atoms with van der Waals surface area (Å²) < 4.78 is 38.8. The molecule has 2 aromatic rings. The number of aliphatic carboxylic acids is 1. The molecule has 2 aromatic carbocycles. The van der Waals surface area contributed by atoms with E-state index in [0.717, 1.165) is 23.3 Å². The van der Waals surface area contributed by atoms with Gasteiger partial charge in [0.15, 0.2) is 0 Å². The lowest BCUT2D eigenvalue weighted by Gasteiger charge is -2.39. The number of carbonyl (C=O) groups is 2. The van der Waals surface area contributed by atoms with E-state index in [-0.39, 0.29) is 18.7 Å². The van der Waals surface area contributed by atoms with Crippen molar-refractivity contribution in [2.75, 3.05) is 13.1 Å². The molecule has 0 radical (unpaired) electrons. The molecule has 1 fully saturated rings. The average Bonchev–Trinajstić information content (AvgIpc) is 2.78. The second-order valence-electron chi connectivity index (χ2n) is 8.56. The van der Waals surface area contributed by atoms with Crippen LogP contribution in [-0.2, 0) is 35.2 Å². The largest absolute Gasteiger partial charge is 0.481 e. The Balaban J connectivity index is 1.56. The van der Waals surface area contributed by atoms with Gasteiger partial charge >= 0.3 is 12.1 Å². The first-order valence-corrected chi connectivity index (χ1v) is 11.3. The third-order valence-corrected chi connectivity index (χ3v) is 5.87. The number of halogens is 3. The molecule has 0 aliphatic carbocycles. The fraction of sp³-hybridized carbons (Fsp3) is 0.440. The number of aryl methyl sites for hydroxylation is 1. The minimum absolute atomic E-state index is 0.0198. The zero-order chi connectivity index (χ0) is 24.7. The van der Waals surface area contributed by atoms with Crippen molar-refractivity contribution in [3.05, 3.63) is 70.8 Å². The van der Waals surface area contributed by atoms with Crippen molar-refractivity contribution in [1.29, 1.82) is 0 Å². The minimum Gasteiger partial charge on any atom is -0.481 e. The number of alkyl halides is 3. The summed E-state index contributed by atoms with van der Waals surface area (Å²) in [6.45, 7) is 1.42. The number of hydrogen-bond donors (Lipinski definition) is 2. The van der Waals surface area contributed by atoms with E-state index >= 15 is 0 Å². The van der Waals surface area contributed by atoms with Gasteiger partial charge in [0.2, 0.25) is 5.91 Å². The molecule has 1 heterocycles. The number of benzene rings is 2. The number of aliphatic hydroxyl groups is 1. The van der Waals surface area contributed by atoms with Crippen LogP contribution in [0, 0.1) is 0 Å². The van der Waals surface area contributed by atoms with Crippen molar-refractivity contribution in [2.24, 2.45) is 0 Å². The highest BCUT2D eigenvalue weighted by Crippen LogP contribution is 2.30. The van der Waals surface area contributed by atoms with Crippen LogP contribution in [0.5, 0.6) is 0 Å². The molecule has 0 aromatic heterocycles. The van der Waals surface area contributed by atoms with Crippen LogP contribution in [0.15, 0.2) is 48.5 Å². The molecule has 34 heavy (non-hydrogen) atoms. The molecule has 1 amide bonds. The highest BCUT2D eigenvalue weighted by atomic mass is 19.4. The van der Waals surface area contributed by atoms with Gasteiger partial charge in [0.1, 0.15) is 0 Å². The van der Waals surface area contributed by atoms with Gasteiger partial charge in [-0.1, -0.05) is 42.5 Å². The van der Waals surface area contributed by atoms with Gasteiger partial charge in [-0.15, -0.1) is 0 Å². The summed E-state index contributed by atoms with van der Waals surface area (Å²) in [7, 11) is 0. The second-order valence-corrected chi connectivity index (χ2v) is 8.56. The maximum atomic E-state index is 12.9. The molecular weight excluding hydrogens is 449 g/mol. The smallest absolute Gasteiger partial charge is 0.416 e. The van der Waals surface area contributed by atoms with Gasteiger partial charge in [0.25, 0.3) is 0 Å². The van der Waals surface area contributed by atoms with Crippen molar-refractivity contribution >= 4 is 11.9 Å². The lowest BCUT2D eigenvalue weighted by atomic mass is 10.0. The normalized spacial score (nSPS) is 16.0. The van der Waals surface area contributed by atoms with Crippen LogP contribution in [0.3, 0.4) is 0 Å². The van der Waals surface area contributed by atoms with Crippen LogP contribution < -0.4 is 0 Å². The first-order chi connectivity index (χ1) is 16.1. The van der Waals surface area contributed by atoms with Crippen LogP contribution in [0.4, 0.5) is 13.2 Å². The second kappa shape index (κ2) is 11.5. The third kappa shape index (κ3) is 7.56. The van der Waals surface area contributed by atoms with Gasteiger partial charge in [0, 0.05) is 25.9 Å². The van der Waals surface area contributed by atoms with E-state index in [1.165, 1.54) is 6.07 Å². The monoisotopic (exact) mass is 478 g/mol. The number of rotatable bonds is 10. The lowest BCUT2D eigenvalue weighted by molar-refractivity contribution is -0.158. The number of aliphatic hydroxyl groups excluding tert-OH is 1.